The molecule has 1 atom stereocenters. The number of thiazole rings is 1. The normalized spacial score (nSPS) is 17.2. The molecule has 1 saturated heterocycles. The highest BCUT2D eigenvalue weighted by Gasteiger charge is 2.26. The second-order valence-corrected chi connectivity index (χ2v) is 7.37. The van der Waals surface area contributed by atoms with Gasteiger partial charge in [0.05, 0.1) is 11.4 Å². The highest BCUT2D eigenvalue weighted by molar-refractivity contribution is 7.17. The maximum atomic E-state index is 12.4. The Kier molecular flexibility index (Phi) is 5.98. The van der Waals surface area contributed by atoms with Crippen molar-refractivity contribution >= 4 is 23.2 Å². The summed E-state index contributed by atoms with van der Waals surface area (Å²) in [6.45, 7) is 4.38. The molecular weight excluding hydrogens is 350 g/mol. The Bertz CT molecular complexity index is 776. The zero-order valence-corrected chi connectivity index (χ0v) is 15.9. The van der Waals surface area contributed by atoms with Gasteiger partial charge >= 0.3 is 5.97 Å². The monoisotopic (exact) mass is 373 g/mol. The van der Waals surface area contributed by atoms with Gasteiger partial charge in [-0.3, -0.25) is 9.78 Å². The van der Waals surface area contributed by atoms with Crippen molar-refractivity contribution in [1.82, 2.24) is 14.9 Å². The van der Waals surface area contributed by atoms with Crippen LogP contribution in [0.15, 0.2) is 24.4 Å². The van der Waals surface area contributed by atoms with Crippen molar-refractivity contribution in [3.05, 3.63) is 35.0 Å². The first-order valence-corrected chi connectivity index (χ1v) is 9.77. The molecule has 0 N–H and O–H groups in total. The lowest BCUT2D eigenvalue weighted by atomic mass is 10.00. The minimum absolute atomic E-state index is 0.114. The predicted molar refractivity (Wildman–Crippen MR) is 100 cm³/mol. The minimum atomic E-state index is -0.499. The number of hydrogen-bond acceptors (Lipinski definition) is 6. The number of pyridine rings is 1. The van der Waals surface area contributed by atoms with Gasteiger partial charge in [-0.25, -0.2) is 9.78 Å². The molecular formula is C19H23N3O3S. The van der Waals surface area contributed by atoms with Gasteiger partial charge in [-0.2, -0.15) is 0 Å². The largest absolute Gasteiger partial charge is 0.451 e. The molecule has 1 aliphatic heterocycles. The molecule has 26 heavy (non-hydrogen) atoms. The molecule has 0 radical (unpaired) electrons. The fourth-order valence-electron chi connectivity index (χ4n) is 3.21. The van der Waals surface area contributed by atoms with Crippen LogP contribution in [0.2, 0.25) is 0 Å². The van der Waals surface area contributed by atoms with Gasteiger partial charge in [0.25, 0.3) is 5.91 Å². The number of carbonyl (C=O) groups excluding carboxylic acids is 2. The van der Waals surface area contributed by atoms with Crippen molar-refractivity contribution in [3.63, 3.8) is 0 Å². The van der Waals surface area contributed by atoms with E-state index in [1.165, 1.54) is 11.3 Å². The first-order valence-electron chi connectivity index (χ1n) is 8.95. The highest BCUT2D eigenvalue weighted by Crippen LogP contribution is 2.27. The third-order valence-electron chi connectivity index (χ3n) is 4.61. The Morgan fingerprint density at radius 3 is 2.92 bits per heavy atom. The van der Waals surface area contributed by atoms with Crippen LogP contribution in [0.25, 0.3) is 10.7 Å². The predicted octanol–water partition coefficient (Wildman–Crippen LogP) is 3.46. The summed E-state index contributed by atoms with van der Waals surface area (Å²) in [6, 6.07) is 5.81. The molecule has 1 aliphatic rings. The molecule has 0 spiro atoms. The molecule has 0 saturated carbocycles. The molecule has 0 unspecified atom stereocenters. The van der Waals surface area contributed by atoms with Crippen molar-refractivity contribution in [3.8, 4) is 10.7 Å². The summed E-state index contributed by atoms with van der Waals surface area (Å²) in [4.78, 5) is 35.8. The van der Waals surface area contributed by atoms with E-state index in [1.807, 2.05) is 23.1 Å². The number of aromatic nitrogens is 2. The Morgan fingerprint density at radius 2 is 2.19 bits per heavy atom. The van der Waals surface area contributed by atoms with Crippen LogP contribution in [-0.4, -0.2) is 45.9 Å². The van der Waals surface area contributed by atoms with E-state index >= 15 is 0 Å². The number of hydrogen-bond donors (Lipinski definition) is 0. The molecule has 2 aromatic rings. The smallest absolute Gasteiger partial charge is 0.350 e. The molecule has 138 valence electrons. The van der Waals surface area contributed by atoms with E-state index in [-0.39, 0.29) is 18.6 Å². The Hall–Kier alpha value is -2.28. The van der Waals surface area contributed by atoms with E-state index in [0.29, 0.717) is 15.6 Å². The minimum Gasteiger partial charge on any atom is -0.451 e. The Labute approximate surface area is 157 Å². The lowest BCUT2D eigenvalue weighted by Crippen LogP contribution is -2.45. The molecule has 7 heteroatoms. The lowest BCUT2D eigenvalue weighted by Gasteiger charge is -2.35. The summed E-state index contributed by atoms with van der Waals surface area (Å²) in [6.07, 6.45) is 5.81. The molecule has 3 heterocycles. The van der Waals surface area contributed by atoms with Crippen LogP contribution in [0.5, 0.6) is 0 Å². The van der Waals surface area contributed by atoms with Gasteiger partial charge in [0, 0.05) is 18.8 Å². The van der Waals surface area contributed by atoms with Crippen molar-refractivity contribution in [2.45, 2.75) is 45.6 Å². The number of aryl methyl sites for hydroxylation is 1. The molecule has 1 fully saturated rings. The first kappa shape index (κ1) is 18.5. The maximum absolute atomic E-state index is 12.4. The van der Waals surface area contributed by atoms with Gasteiger partial charge in [0.15, 0.2) is 6.61 Å². The van der Waals surface area contributed by atoms with Crippen molar-refractivity contribution in [2.24, 2.45) is 0 Å². The van der Waals surface area contributed by atoms with Gasteiger partial charge in [-0.1, -0.05) is 13.0 Å². The second-order valence-electron chi connectivity index (χ2n) is 6.37. The third-order valence-corrected chi connectivity index (χ3v) is 5.77. The summed E-state index contributed by atoms with van der Waals surface area (Å²) < 4.78 is 5.29. The van der Waals surface area contributed by atoms with Gasteiger partial charge in [0.1, 0.15) is 9.88 Å². The van der Waals surface area contributed by atoms with Crippen LogP contribution in [0.4, 0.5) is 0 Å². The molecule has 0 aromatic carbocycles. The zero-order valence-electron chi connectivity index (χ0n) is 15.1. The number of carbonyl (C=O) groups is 2. The topological polar surface area (TPSA) is 72.4 Å². The molecule has 2 aromatic heterocycles. The average Bonchev–Trinajstić information content (AvgIpc) is 3.08. The van der Waals surface area contributed by atoms with E-state index < -0.39 is 5.97 Å². The van der Waals surface area contributed by atoms with Gasteiger partial charge in [0.2, 0.25) is 0 Å². The quantitative estimate of drug-likeness (QED) is 0.751. The molecule has 0 bridgehead atoms. The molecule has 3 rings (SSSR count). The Morgan fingerprint density at radius 1 is 1.35 bits per heavy atom. The van der Waals surface area contributed by atoms with Gasteiger partial charge in [-0.05, 0) is 44.7 Å². The number of ether oxygens (including phenoxy) is 1. The lowest BCUT2D eigenvalue weighted by molar-refractivity contribution is -0.138. The summed E-state index contributed by atoms with van der Waals surface area (Å²) in [5, 5.41) is 0.670. The van der Waals surface area contributed by atoms with Crippen LogP contribution >= 0.6 is 11.3 Å². The second kappa shape index (κ2) is 8.40. The highest BCUT2D eigenvalue weighted by atomic mass is 32.1. The van der Waals surface area contributed by atoms with E-state index in [9.17, 15) is 9.59 Å². The van der Waals surface area contributed by atoms with Gasteiger partial charge < -0.3 is 9.64 Å². The number of likely N-dealkylation sites (tertiary alicyclic amines) is 1. The fourth-order valence-corrected chi connectivity index (χ4v) is 4.15. The average molecular weight is 373 g/mol. The van der Waals surface area contributed by atoms with Crippen LogP contribution in [0, 0.1) is 6.92 Å². The molecule has 1 amide bonds. The third kappa shape index (κ3) is 4.09. The SMILES string of the molecule is CC[C@@H]1CCCCN1C(=O)COC(=O)c1sc(-c2ccccn2)nc1C. The van der Waals surface area contributed by atoms with Gasteiger partial charge in [-0.15, -0.1) is 11.3 Å². The summed E-state index contributed by atoms with van der Waals surface area (Å²) in [7, 11) is 0. The number of piperidine rings is 1. The van der Waals surface area contributed by atoms with E-state index in [0.717, 1.165) is 37.9 Å². The van der Waals surface area contributed by atoms with Crippen molar-refractivity contribution in [1.29, 1.82) is 0 Å². The number of amides is 1. The molecule has 0 aliphatic carbocycles. The molecule has 6 nitrogen and oxygen atoms in total. The fraction of sp³-hybridized carbons (Fsp3) is 0.474. The van der Waals surface area contributed by atoms with E-state index in [1.54, 1.807) is 13.1 Å². The maximum Gasteiger partial charge on any atom is 0.350 e. The van der Waals surface area contributed by atoms with E-state index in [2.05, 4.69) is 16.9 Å². The van der Waals surface area contributed by atoms with Crippen molar-refractivity contribution in [2.75, 3.05) is 13.2 Å². The number of nitrogens with zero attached hydrogens (tertiary/aromatic N) is 3. The summed E-state index contributed by atoms with van der Waals surface area (Å²) in [5.41, 5.74) is 1.31. The zero-order chi connectivity index (χ0) is 18.5. The standard InChI is InChI=1S/C19H23N3O3S/c1-3-14-8-5-7-11-22(14)16(23)12-25-19(24)17-13(2)21-18(26-17)15-9-4-6-10-20-15/h4,6,9-10,14H,3,5,7-8,11-12H2,1-2H3/t14-/m1/s1. The van der Waals surface area contributed by atoms with Crippen LogP contribution in [-0.2, 0) is 9.53 Å². The van der Waals surface area contributed by atoms with Crippen LogP contribution < -0.4 is 0 Å². The Balaban J connectivity index is 1.63. The number of rotatable bonds is 5. The van der Waals surface area contributed by atoms with Crippen LogP contribution in [0.3, 0.4) is 0 Å². The van der Waals surface area contributed by atoms with E-state index in [4.69, 9.17) is 4.74 Å². The summed E-state index contributed by atoms with van der Waals surface area (Å²) >= 11 is 1.24. The summed E-state index contributed by atoms with van der Waals surface area (Å²) in [5.74, 6) is -0.613. The number of esters is 1. The first-order chi connectivity index (χ1) is 12.6. The van der Waals surface area contributed by atoms with Crippen LogP contribution in [0.1, 0.15) is 48.0 Å². The van der Waals surface area contributed by atoms with Crippen molar-refractivity contribution < 1.29 is 14.3 Å².